The van der Waals surface area contributed by atoms with Crippen molar-refractivity contribution in [1.29, 1.82) is 0 Å². The third kappa shape index (κ3) is 3.66. The van der Waals surface area contributed by atoms with Gasteiger partial charge < -0.3 is 23.8 Å². The van der Waals surface area contributed by atoms with E-state index in [0.717, 1.165) is 18.4 Å². The first kappa shape index (κ1) is 18.3. The van der Waals surface area contributed by atoms with E-state index in [1.807, 2.05) is 6.07 Å². The summed E-state index contributed by atoms with van der Waals surface area (Å²) >= 11 is 0. The van der Waals surface area contributed by atoms with E-state index in [1.54, 1.807) is 54.3 Å². The number of nitrogens with one attached hydrogen (secondary N) is 1. The van der Waals surface area contributed by atoms with Crippen molar-refractivity contribution in [2.45, 2.75) is 25.0 Å². The molecule has 2 aromatic heterocycles. The number of benzene rings is 1. The highest BCUT2D eigenvalue weighted by Gasteiger charge is 2.28. The summed E-state index contributed by atoms with van der Waals surface area (Å²) in [7, 11) is 1.75. The molecule has 1 aromatic carbocycles. The fourth-order valence-corrected chi connectivity index (χ4v) is 3.43. The molecule has 1 aliphatic heterocycles. The Morgan fingerprint density at radius 3 is 2.82 bits per heavy atom. The fraction of sp³-hybridized carbons (Fsp3) is 0.333. The van der Waals surface area contributed by atoms with E-state index >= 15 is 0 Å². The standard InChI is InChI=1S/C21H22N2O5/c1-23-16-9-11-27-18(16)12-17(23)21(25)28-19(14-6-3-2-4-7-14)20(24)22-13-15-8-5-10-26-15/h2-4,6-7,9,11-12,15,19H,5,8,10,13H2,1H3,(H,22,24)/t15-,19+/m0/s1. The molecule has 7 nitrogen and oxygen atoms in total. The highest BCUT2D eigenvalue weighted by atomic mass is 16.5. The largest absolute Gasteiger partial charge is 0.463 e. The molecular weight excluding hydrogens is 360 g/mol. The zero-order valence-electron chi connectivity index (χ0n) is 15.6. The van der Waals surface area contributed by atoms with E-state index in [2.05, 4.69) is 5.32 Å². The number of fused-ring (bicyclic) bond motifs is 1. The third-order valence-electron chi connectivity index (χ3n) is 4.97. The van der Waals surface area contributed by atoms with Crippen LogP contribution < -0.4 is 5.32 Å². The second-order valence-corrected chi connectivity index (χ2v) is 6.83. The van der Waals surface area contributed by atoms with E-state index in [0.29, 0.717) is 30.0 Å². The van der Waals surface area contributed by atoms with Crippen molar-refractivity contribution in [3.8, 4) is 0 Å². The summed E-state index contributed by atoms with van der Waals surface area (Å²) in [6.07, 6.45) is 2.43. The Kier molecular flexibility index (Phi) is 5.16. The first-order valence-corrected chi connectivity index (χ1v) is 9.31. The van der Waals surface area contributed by atoms with Crippen molar-refractivity contribution in [2.24, 2.45) is 7.05 Å². The highest BCUT2D eigenvalue weighted by Crippen LogP contribution is 2.24. The van der Waals surface area contributed by atoms with Gasteiger partial charge >= 0.3 is 5.97 Å². The quantitative estimate of drug-likeness (QED) is 0.663. The van der Waals surface area contributed by atoms with Gasteiger partial charge in [-0.3, -0.25) is 4.79 Å². The molecule has 146 valence electrons. The number of esters is 1. The monoisotopic (exact) mass is 382 g/mol. The van der Waals surface area contributed by atoms with Crippen LogP contribution in [0.25, 0.3) is 11.1 Å². The Bertz CT molecular complexity index is 969. The van der Waals surface area contributed by atoms with Crippen molar-refractivity contribution in [3.63, 3.8) is 0 Å². The van der Waals surface area contributed by atoms with Crippen LogP contribution in [0.5, 0.6) is 0 Å². The van der Waals surface area contributed by atoms with Crippen molar-refractivity contribution in [1.82, 2.24) is 9.88 Å². The molecule has 0 radical (unpaired) electrons. The van der Waals surface area contributed by atoms with E-state index in [4.69, 9.17) is 13.9 Å². The minimum atomic E-state index is -1.05. The molecule has 1 amide bonds. The lowest BCUT2D eigenvalue weighted by molar-refractivity contribution is -0.130. The number of furan rings is 1. The molecule has 0 saturated carbocycles. The molecule has 1 aliphatic rings. The van der Waals surface area contributed by atoms with Gasteiger partial charge in [-0.05, 0) is 12.8 Å². The van der Waals surface area contributed by atoms with Gasteiger partial charge in [0, 0.05) is 37.9 Å². The van der Waals surface area contributed by atoms with Gasteiger partial charge in [-0.15, -0.1) is 0 Å². The van der Waals surface area contributed by atoms with E-state index in [9.17, 15) is 9.59 Å². The number of hydrogen-bond acceptors (Lipinski definition) is 5. The molecule has 3 heterocycles. The predicted molar refractivity (Wildman–Crippen MR) is 102 cm³/mol. The lowest BCUT2D eigenvalue weighted by Crippen LogP contribution is -2.37. The second kappa shape index (κ2) is 7.90. The lowest BCUT2D eigenvalue weighted by atomic mass is 10.1. The lowest BCUT2D eigenvalue weighted by Gasteiger charge is -2.19. The topological polar surface area (TPSA) is 82.7 Å². The van der Waals surface area contributed by atoms with Gasteiger partial charge in [0.15, 0.2) is 5.58 Å². The number of carbonyl (C=O) groups excluding carboxylic acids is 2. The first-order chi connectivity index (χ1) is 13.6. The van der Waals surface area contributed by atoms with Crippen LogP contribution in [0.1, 0.15) is 35.0 Å². The van der Waals surface area contributed by atoms with Crippen LogP contribution >= 0.6 is 0 Å². The summed E-state index contributed by atoms with van der Waals surface area (Å²) in [4.78, 5) is 25.6. The van der Waals surface area contributed by atoms with Gasteiger partial charge in [0.05, 0.1) is 17.9 Å². The molecule has 28 heavy (non-hydrogen) atoms. The number of amides is 1. The van der Waals surface area contributed by atoms with Gasteiger partial charge in [-0.25, -0.2) is 4.79 Å². The Morgan fingerprint density at radius 1 is 1.29 bits per heavy atom. The molecule has 2 atom stereocenters. The number of ether oxygens (including phenoxy) is 2. The van der Waals surface area contributed by atoms with Crippen LogP contribution in [0, 0.1) is 0 Å². The molecule has 7 heteroatoms. The number of carbonyl (C=O) groups is 2. The SMILES string of the molecule is Cn1c(C(=O)O[C@@H](C(=O)NC[C@@H]2CCCO2)c2ccccc2)cc2occc21. The summed E-state index contributed by atoms with van der Waals surface area (Å²) in [5.41, 5.74) is 2.31. The molecule has 0 bridgehead atoms. The van der Waals surface area contributed by atoms with Crippen LogP contribution in [-0.4, -0.2) is 35.7 Å². The van der Waals surface area contributed by atoms with Crippen molar-refractivity contribution < 1.29 is 23.5 Å². The fourth-order valence-electron chi connectivity index (χ4n) is 3.43. The maximum atomic E-state index is 12.8. The summed E-state index contributed by atoms with van der Waals surface area (Å²) in [5, 5.41) is 2.85. The molecule has 0 unspecified atom stereocenters. The summed E-state index contributed by atoms with van der Waals surface area (Å²) in [6, 6.07) is 12.4. The zero-order chi connectivity index (χ0) is 19.5. The smallest absolute Gasteiger partial charge is 0.356 e. The van der Waals surface area contributed by atoms with Gasteiger partial charge in [0.1, 0.15) is 5.69 Å². The Balaban J connectivity index is 1.52. The maximum Gasteiger partial charge on any atom is 0.356 e. The van der Waals surface area contributed by atoms with Crippen LogP contribution in [0.15, 0.2) is 53.1 Å². The second-order valence-electron chi connectivity index (χ2n) is 6.83. The van der Waals surface area contributed by atoms with Crippen molar-refractivity contribution in [2.75, 3.05) is 13.2 Å². The van der Waals surface area contributed by atoms with E-state index in [1.165, 1.54) is 0 Å². The first-order valence-electron chi connectivity index (χ1n) is 9.31. The van der Waals surface area contributed by atoms with Gasteiger partial charge in [0.25, 0.3) is 5.91 Å². The average molecular weight is 382 g/mol. The predicted octanol–water partition coefficient (Wildman–Crippen LogP) is 2.96. The third-order valence-corrected chi connectivity index (χ3v) is 4.97. The van der Waals surface area contributed by atoms with Crippen LogP contribution in [0.2, 0.25) is 0 Å². The maximum absolute atomic E-state index is 12.8. The Labute approximate surface area is 162 Å². The molecule has 1 N–H and O–H groups in total. The minimum absolute atomic E-state index is 0.0101. The number of rotatable bonds is 6. The summed E-state index contributed by atoms with van der Waals surface area (Å²) < 4.78 is 18.2. The van der Waals surface area contributed by atoms with Gasteiger partial charge in [-0.2, -0.15) is 0 Å². The number of nitrogens with zero attached hydrogens (tertiary/aromatic N) is 1. The average Bonchev–Trinajstić information content (AvgIpc) is 3.44. The molecule has 0 aliphatic carbocycles. The molecule has 3 aromatic rings. The van der Waals surface area contributed by atoms with Crippen LogP contribution in [0.4, 0.5) is 0 Å². The molecule has 0 spiro atoms. The van der Waals surface area contributed by atoms with Gasteiger partial charge in [-0.1, -0.05) is 30.3 Å². The molecule has 1 fully saturated rings. The summed E-state index contributed by atoms with van der Waals surface area (Å²) in [6.45, 7) is 1.11. The van der Waals surface area contributed by atoms with Crippen LogP contribution in [-0.2, 0) is 21.3 Å². The van der Waals surface area contributed by atoms with E-state index in [-0.39, 0.29) is 12.0 Å². The van der Waals surface area contributed by atoms with E-state index < -0.39 is 12.1 Å². The molecule has 4 rings (SSSR count). The van der Waals surface area contributed by atoms with Crippen molar-refractivity contribution >= 4 is 23.0 Å². The number of aromatic nitrogens is 1. The van der Waals surface area contributed by atoms with Crippen molar-refractivity contribution in [3.05, 3.63) is 60.0 Å². The molecule has 1 saturated heterocycles. The zero-order valence-corrected chi connectivity index (χ0v) is 15.6. The Morgan fingerprint density at radius 2 is 2.11 bits per heavy atom. The molecular formula is C21H22N2O5. The highest BCUT2D eigenvalue weighted by molar-refractivity contribution is 5.95. The van der Waals surface area contributed by atoms with Crippen LogP contribution in [0.3, 0.4) is 0 Å². The number of aryl methyl sites for hydroxylation is 1. The summed E-state index contributed by atoms with van der Waals surface area (Å²) in [5.74, 6) is -0.956. The minimum Gasteiger partial charge on any atom is -0.463 e. The Hall–Kier alpha value is -3.06. The normalized spacial score (nSPS) is 17.5. The van der Waals surface area contributed by atoms with Gasteiger partial charge in [0.2, 0.25) is 6.10 Å². The number of hydrogen-bond donors (Lipinski definition) is 1.